The Balaban J connectivity index is 1.73. The highest BCUT2D eigenvalue weighted by molar-refractivity contribution is 9.10. The Bertz CT molecular complexity index is 463. The van der Waals surface area contributed by atoms with Gasteiger partial charge in [0.05, 0.1) is 11.9 Å². The van der Waals surface area contributed by atoms with Gasteiger partial charge in [0.15, 0.2) is 0 Å². The van der Waals surface area contributed by atoms with Crippen molar-refractivity contribution >= 4 is 33.6 Å². The molecule has 0 radical (unpaired) electrons. The average molecular weight is 344 g/mol. The summed E-state index contributed by atoms with van der Waals surface area (Å²) < 4.78 is 1.05. The van der Waals surface area contributed by atoms with Gasteiger partial charge in [-0.15, -0.1) is 11.8 Å². The van der Waals surface area contributed by atoms with Gasteiger partial charge in [0.1, 0.15) is 0 Å². The van der Waals surface area contributed by atoms with Crippen molar-refractivity contribution in [3.63, 3.8) is 0 Å². The summed E-state index contributed by atoms with van der Waals surface area (Å²) in [7, 11) is 0. The molecule has 0 aromatic heterocycles. The van der Waals surface area contributed by atoms with Gasteiger partial charge in [-0.2, -0.15) is 0 Å². The first-order valence-corrected chi connectivity index (χ1v) is 8.18. The molecule has 2 N–H and O–H groups in total. The lowest BCUT2D eigenvalue weighted by Crippen LogP contribution is -2.34. The number of halogens is 1. The number of aliphatic hydroxyl groups is 1. The summed E-state index contributed by atoms with van der Waals surface area (Å²) in [5.74, 6) is 0.772. The largest absolute Gasteiger partial charge is 0.391 e. The van der Waals surface area contributed by atoms with Crippen molar-refractivity contribution in [1.82, 2.24) is 5.32 Å². The van der Waals surface area contributed by atoms with Crippen LogP contribution in [0.25, 0.3) is 0 Å². The maximum atomic E-state index is 11.7. The van der Waals surface area contributed by atoms with E-state index in [1.807, 2.05) is 25.1 Å². The second kappa shape index (κ2) is 6.77. The highest BCUT2D eigenvalue weighted by atomic mass is 79.9. The fraction of sp³-hybridized carbons (Fsp3) is 0.500. The van der Waals surface area contributed by atoms with E-state index in [-0.39, 0.29) is 12.0 Å². The van der Waals surface area contributed by atoms with E-state index in [0.29, 0.717) is 18.2 Å². The Hall–Kier alpha value is -0.520. The van der Waals surface area contributed by atoms with E-state index < -0.39 is 0 Å². The zero-order valence-corrected chi connectivity index (χ0v) is 13.3. The maximum Gasteiger partial charge on any atom is 0.230 e. The monoisotopic (exact) mass is 343 g/mol. The first kappa shape index (κ1) is 14.9. The van der Waals surface area contributed by atoms with Gasteiger partial charge < -0.3 is 10.4 Å². The standard InChI is InChI=1S/C14H18BrNO2S/c1-9-6-11(15)4-5-13(9)19-8-14(18)16-7-12(17)10-2-3-10/h4-6,10,12,17H,2-3,7-8H2,1H3,(H,16,18). The zero-order chi connectivity index (χ0) is 13.8. The van der Waals surface area contributed by atoms with Crippen molar-refractivity contribution in [2.45, 2.75) is 30.8 Å². The molecule has 1 saturated carbocycles. The molecule has 1 aliphatic rings. The van der Waals surface area contributed by atoms with Crippen LogP contribution in [0.1, 0.15) is 18.4 Å². The van der Waals surface area contributed by atoms with Crippen LogP contribution < -0.4 is 5.32 Å². The van der Waals surface area contributed by atoms with E-state index in [9.17, 15) is 9.90 Å². The normalized spacial score (nSPS) is 16.2. The quantitative estimate of drug-likeness (QED) is 0.781. The van der Waals surface area contributed by atoms with Crippen molar-refractivity contribution in [3.8, 4) is 0 Å². The van der Waals surface area contributed by atoms with Crippen LogP contribution in [0.3, 0.4) is 0 Å². The molecule has 1 unspecified atom stereocenters. The number of carbonyl (C=O) groups excluding carboxylic acids is 1. The Morgan fingerprint density at radius 3 is 2.95 bits per heavy atom. The van der Waals surface area contributed by atoms with Crippen molar-refractivity contribution in [1.29, 1.82) is 0 Å². The Morgan fingerprint density at radius 1 is 1.58 bits per heavy atom. The van der Waals surface area contributed by atoms with E-state index in [4.69, 9.17) is 0 Å². The zero-order valence-electron chi connectivity index (χ0n) is 10.9. The molecule has 19 heavy (non-hydrogen) atoms. The highest BCUT2D eigenvalue weighted by Crippen LogP contribution is 2.32. The minimum Gasteiger partial charge on any atom is -0.391 e. The summed E-state index contributed by atoms with van der Waals surface area (Å²) in [6.45, 7) is 2.41. The third-order valence-corrected chi connectivity index (χ3v) is 4.84. The number of nitrogens with one attached hydrogen (secondary N) is 1. The molecule has 1 aliphatic carbocycles. The summed E-state index contributed by atoms with van der Waals surface area (Å²) in [5.41, 5.74) is 1.16. The molecule has 0 saturated heterocycles. The number of rotatable bonds is 6. The van der Waals surface area contributed by atoms with Gasteiger partial charge in [0.2, 0.25) is 5.91 Å². The first-order valence-electron chi connectivity index (χ1n) is 6.40. The molecule has 1 amide bonds. The van der Waals surface area contributed by atoms with E-state index in [0.717, 1.165) is 27.8 Å². The summed E-state index contributed by atoms with van der Waals surface area (Å²) in [6, 6.07) is 6.03. The predicted molar refractivity (Wildman–Crippen MR) is 81.3 cm³/mol. The van der Waals surface area contributed by atoms with E-state index in [1.54, 1.807) is 0 Å². The third kappa shape index (κ3) is 4.82. The highest BCUT2D eigenvalue weighted by Gasteiger charge is 2.29. The molecule has 0 heterocycles. The molecule has 0 bridgehead atoms. The van der Waals surface area contributed by atoms with Crippen LogP contribution in [0.2, 0.25) is 0 Å². The minimum atomic E-state index is -0.372. The lowest BCUT2D eigenvalue weighted by molar-refractivity contribution is -0.119. The van der Waals surface area contributed by atoms with E-state index >= 15 is 0 Å². The summed E-state index contributed by atoms with van der Waals surface area (Å²) >= 11 is 4.95. The molecule has 1 fully saturated rings. The lowest BCUT2D eigenvalue weighted by atomic mass is 10.2. The molecule has 1 aromatic carbocycles. The Labute approximate surface area is 126 Å². The van der Waals surface area contributed by atoms with Gasteiger partial charge in [0, 0.05) is 15.9 Å². The summed E-state index contributed by atoms with van der Waals surface area (Å²) in [4.78, 5) is 12.8. The summed E-state index contributed by atoms with van der Waals surface area (Å²) in [6.07, 6.45) is 1.80. The molecular weight excluding hydrogens is 326 g/mol. The molecule has 0 spiro atoms. The van der Waals surface area contributed by atoms with Crippen molar-refractivity contribution in [2.24, 2.45) is 5.92 Å². The lowest BCUT2D eigenvalue weighted by Gasteiger charge is -2.11. The fourth-order valence-electron chi connectivity index (χ4n) is 1.84. The minimum absolute atomic E-state index is 0.0213. The maximum absolute atomic E-state index is 11.7. The molecule has 5 heteroatoms. The smallest absolute Gasteiger partial charge is 0.230 e. The van der Waals surface area contributed by atoms with Crippen LogP contribution in [0.4, 0.5) is 0 Å². The van der Waals surface area contributed by atoms with Crippen molar-refractivity contribution < 1.29 is 9.90 Å². The fourth-order valence-corrected chi connectivity index (χ4v) is 3.15. The molecule has 3 nitrogen and oxygen atoms in total. The molecule has 1 aromatic rings. The van der Waals surface area contributed by atoms with Crippen LogP contribution in [-0.2, 0) is 4.79 Å². The number of hydrogen-bond acceptors (Lipinski definition) is 3. The summed E-state index contributed by atoms with van der Waals surface area (Å²) in [5, 5.41) is 12.5. The van der Waals surface area contributed by atoms with Crippen LogP contribution in [0.15, 0.2) is 27.6 Å². The third-order valence-electron chi connectivity index (χ3n) is 3.17. The molecule has 2 rings (SSSR count). The SMILES string of the molecule is Cc1cc(Br)ccc1SCC(=O)NCC(O)C1CC1. The molecule has 1 atom stereocenters. The topological polar surface area (TPSA) is 49.3 Å². The van der Waals surface area contributed by atoms with Crippen LogP contribution >= 0.6 is 27.7 Å². The second-order valence-corrected chi connectivity index (χ2v) is 6.84. The number of aryl methyl sites for hydroxylation is 1. The molecule has 0 aliphatic heterocycles. The van der Waals surface area contributed by atoms with Gasteiger partial charge in [-0.25, -0.2) is 0 Å². The van der Waals surface area contributed by atoms with Crippen LogP contribution in [0, 0.1) is 12.8 Å². The molecule has 104 valence electrons. The van der Waals surface area contributed by atoms with Gasteiger partial charge in [0.25, 0.3) is 0 Å². The van der Waals surface area contributed by atoms with Gasteiger partial charge in [-0.1, -0.05) is 15.9 Å². The number of aliphatic hydroxyl groups excluding tert-OH is 1. The number of amides is 1. The molecular formula is C14H18BrNO2S. The van der Waals surface area contributed by atoms with Crippen LogP contribution in [0.5, 0.6) is 0 Å². The van der Waals surface area contributed by atoms with E-state index in [2.05, 4.69) is 21.2 Å². The number of hydrogen-bond donors (Lipinski definition) is 2. The number of carbonyl (C=O) groups is 1. The van der Waals surface area contributed by atoms with Crippen LogP contribution in [-0.4, -0.2) is 29.4 Å². The average Bonchev–Trinajstić information content (AvgIpc) is 3.19. The van der Waals surface area contributed by atoms with Gasteiger partial charge >= 0.3 is 0 Å². The second-order valence-electron chi connectivity index (χ2n) is 4.91. The number of thioether (sulfide) groups is 1. The Morgan fingerprint density at radius 2 is 2.32 bits per heavy atom. The Kier molecular flexibility index (Phi) is 5.30. The van der Waals surface area contributed by atoms with Gasteiger partial charge in [-0.3, -0.25) is 4.79 Å². The predicted octanol–water partition coefficient (Wildman–Crippen LogP) is 2.74. The first-order chi connectivity index (χ1) is 9.06. The van der Waals surface area contributed by atoms with E-state index in [1.165, 1.54) is 11.8 Å². The number of benzene rings is 1. The van der Waals surface area contributed by atoms with Crippen molar-refractivity contribution in [2.75, 3.05) is 12.3 Å². The van der Waals surface area contributed by atoms with Crippen molar-refractivity contribution in [3.05, 3.63) is 28.2 Å². The van der Waals surface area contributed by atoms with Gasteiger partial charge in [-0.05, 0) is 49.4 Å².